The van der Waals surface area contributed by atoms with Crippen LogP contribution in [0.5, 0.6) is 11.5 Å². The highest BCUT2D eigenvalue weighted by molar-refractivity contribution is 6.39. The molecule has 0 spiro atoms. The van der Waals surface area contributed by atoms with Crippen molar-refractivity contribution in [2.75, 3.05) is 13.2 Å². The number of esters is 1. The van der Waals surface area contributed by atoms with E-state index in [0.29, 0.717) is 19.6 Å². The number of amides is 1. The Hall–Kier alpha value is -2.19. The second-order valence-electron chi connectivity index (χ2n) is 8.65. The van der Waals surface area contributed by atoms with Crippen LogP contribution >= 0.6 is 35.6 Å². The third-order valence-electron chi connectivity index (χ3n) is 5.95. The Balaban J connectivity index is 0.00000456. The number of phenolic OH excluding ortho intramolecular Hbond substituents is 1. The largest absolute Gasteiger partial charge is 0.505 e. The molecule has 0 aromatic heterocycles. The average molecular weight is 560 g/mol. The smallest absolute Gasteiger partial charge is 0.329 e. The van der Waals surface area contributed by atoms with Gasteiger partial charge in [0, 0.05) is 6.42 Å². The molecular formula is C26H33Cl3N2O5. The normalized spacial score (nSPS) is 14.4. The van der Waals surface area contributed by atoms with E-state index in [1.807, 2.05) is 30.3 Å². The molecule has 7 nitrogen and oxygen atoms in total. The Bertz CT molecular complexity index is 1000. The van der Waals surface area contributed by atoms with E-state index >= 15 is 0 Å². The quantitative estimate of drug-likeness (QED) is 0.249. The number of benzene rings is 2. The number of nitrogens with two attached hydrogens (primary N) is 1. The number of nitrogens with one attached hydrogen (secondary N) is 1. The fraction of sp³-hybridized carbons (Fsp3) is 0.462. The highest BCUT2D eigenvalue weighted by Crippen LogP contribution is 2.42. The number of halogens is 3. The summed E-state index contributed by atoms with van der Waals surface area (Å²) >= 11 is 12.6. The zero-order chi connectivity index (χ0) is 25.2. The van der Waals surface area contributed by atoms with Crippen molar-refractivity contribution in [1.29, 1.82) is 0 Å². The highest BCUT2D eigenvalue weighted by Gasteiger charge is 2.29. The van der Waals surface area contributed by atoms with Crippen LogP contribution in [0.25, 0.3) is 0 Å². The number of ether oxygens (including phenoxy) is 2. The second-order valence-corrected chi connectivity index (χ2v) is 9.44. The van der Waals surface area contributed by atoms with Gasteiger partial charge in [-0.25, -0.2) is 4.79 Å². The first-order valence-electron chi connectivity index (χ1n) is 12.0. The van der Waals surface area contributed by atoms with Crippen LogP contribution in [-0.2, 0) is 16.0 Å². The molecule has 1 saturated carbocycles. The third-order valence-corrected chi connectivity index (χ3v) is 6.58. The van der Waals surface area contributed by atoms with E-state index in [1.54, 1.807) is 0 Å². The Morgan fingerprint density at radius 2 is 1.81 bits per heavy atom. The summed E-state index contributed by atoms with van der Waals surface area (Å²) in [4.78, 5) is 26.2. The summed E-state index contributed by atoms with van der Waals surface area (Å²) < 4.78 is 11.3. The fourth-order valence-electron chi connectivity index (χ4n) is 4.03. The van der Waals surface area contributed by atoms with E-state index in [9.17, 15) is 14.7 Å². The van der Waals surface area contributed by atoms with Gasteiger partial charge in [-0.15, -0.1) is 12.4 Å². The molecule has 10 heteroatoms. The molecule has 1 amide bonds. The lowest BCUT2D eigenvalue weighted by Gasteiger charge is -2.25. The molecule has 0 aliphatic heterocycles. The second kappa shape index (κ2) is 15.2. The highest BCUT2D eigenvalue weighted by atomic mass is 35.5. The van der Waals surface area contributed by atoms with Crippen molar-refractivity contribution < 1.29 is 24.2 Å². The van der Waals surface area contributed by atoms with E-state index in [-0.39, 0.29) is 46.3 Å². The monoisotopic (exact) mass is 558 g/mol. The number of rotatable bonds is 11. The molecule has 1 fully saturated rings. The van der Waals surface area contributed by atoms with Gasteiger partial charge in [0.05, 0.1) is 17.2 Å². The first-order chi connectivity index (χ1) is 16.9. The summed E-state index contributed by atoms with van der Waals surface area (Å²) in [5.41, 5.74) is 6.19. The van der Waals surface area contributed by atoms with Gasteiger partial charge in [-0.05, 0) is 56.7 Å². The van der Waals surface area contributed by atoms with Gasteiger partial charge in [-0.2, -0.15) is 0 Å². The Kier molecular flexibility index (Phi) is 12.6. The molecule has 0 saturated heterocycles. The molecule has 4 N–H and O–H groups in total. The number of aromatic hydroxyl groups is 1. The number of phenols is 1. The number of carbonyl (C=O) groups excluding carboxylic acids is 2. The maximum Gasteiger partial charge on any atom is 0.329 e. The van der Waals surface area contributed by atoms with Crippen molar-refractivity contribution in [2.24, 2.45) is 5.73 Å². The summed E-state index contributed by atoms with van der Waals surface area (Å²) in [6, 6.07) is 9.67. The SMILES string of the molecule is Cl.NCCCCOc1c(Cl)cc(C(=O)N[C@@H](Cc2ccccc2)C(=O)OC2CCCCC2)c(O)c1Cl. The molecular weight excluding hydrogens is 527 g/mol. The molecule has 1 aliphatic rings. The summed E-state index contributed by atoms with van der Waals surface area (Å²) in [6.07, 6.45) is 6.33. The van der Waals surface area contributed by atoms with Crippen LogP contribution in [0.3, 0.4) is 0 Å². The van der Waals surface area contributed by atoms with Crippen molar-refractivity contribution in [3.05, 3.63) is 57.6 Å². The maximum atomic E-state index is 13.1. The minimum Gasteiger partial charge on any atom is -0.505 e. The van der Waals surface area contributed by atoms with Gasteiger partial charge in [0.1, 0.15) is 17.2 Å². The summed E-state index contributed by atoms with van der Waals surface area (Å²) in [5, 5.41) is 13.2. The number of hydrogen-bond donors (Lipinski definition) is 3. The lowest BCUT2D eigenvalue weighted by molar-refractivity contribution is -0.152. The van der Waals surface area contributed by atoms with Crippen molar-refractivity contribution in [3.63, 3.8) is 0 Å². The minimum atomic E-state index is -0.948. The molecule has 1 aliphatic carbocycles. The average Bonchev–Trinajstić information content (AvgIpc) is 2.86. The van der Waals surface area contributed by atoms with E-state index in [2.05, 4.69) is 5.32 Å². The van der Waals surface area contributed by atoms with E-state index in [0.717, 1.165) is 44.1 Å². The number of hydrogen-bond acceptors (Lipinski definition) is 6. The fourth-order valence-corrected chi connectivity index (χ4v) is 4.59. The van der Waals surface area contributed by atoms with Crippen molar-refractivity contribution in [1.82, 2.24) is 5.32 Å². The van der Waals surface area contributed by atoms with E-state index < -0.39 is 23.7 Å². The minimum absolute atomic E-state index is 0. The molecule has 0 radical (unpaired) electrons. The molecule has 3 rings (SSSR count). The first-order valence-corrected chi connectivity index (χ1v) is 12.8. The van der Waals surface area contributed by atoms with Crippen LogP contribution in [0.1, 0.15) is 60.9 Å². The molecule has 198 valence electrons. The summed E-state index contributed by atoms with van der Waals surface area (Å²) in [5.74, 6) is -1.58. The number of carbonyl (C=O) groups is 2. The molecule has 1 atom stereocenters. The van der Waals surface area contributed by atoms with Gasteiger partial charge >= 0.3 is 5.97 Å². The Labute approximate surface area is 228 Å². The zero-order valence-corrected chi connectivity index (χ0v) is 22.3. The number of unbranched alkanes of at least 4 members (excludes halogenated alkanes) is 1. The predicted molar refractivity (Wildman–Crippen MR) is 144 cm³/mol. The first kappa shape index (κ1) is 30.0. The Morgan fingerprint density at radius 3 is 2.47 bits per heavy atom. The standard InChI is InChI=1S/C26H32Cl2N2O5.ClH/c27-20-16-19(23(31)22(28)24(20)34-14-8-7-13-29)25(32)30-21(15-17-9-3-1-4-10-17)26(33)35-18-11-5-2-6-12-18;/h1,3-4,9-10,16,18,21,31H,2,5-8,11-15,29H2,(H,30,32);1H/t21-;/m0./s1. The third kappa shape index (κ3) is 8.44. The maximum absolute atomic E-state index is 13.1. The van der Waals surface area contributed by atoms with Crippen LogP contribution in [-0.4, -0.2) is 42.3 Å². The van der Waals surface area contributed by atoms with E-state index in [1.165, 1.54) is 6.07 Å². The van der Waals surface area contributed by atoms with Crippen molar-refractivity contribution in [3.8, 4) is 11.5 Å². The van der Waals surface area contributed by atoms with Crippen molar-refractivity contribution in [2.45, 2.75) is 63.5 Å². The summed E-state index contributed by atoms with van der Waals surface area (Å²) in [6.45, 7) is 0.844. The van der Waals surface area contributed by atoms with Gasteiger partial charge in [0.15, 0.2) is 11.5 Å². The van der Waals surface area contributed by atoms with Gasteiger partial charge in [-0.1, -0.05) is 60.0 Å². The van der Waals surface area contributed by atoms with Gasteiger partial charge < -0.3 is 25.6 Å². The Morgan fingerprint density at radius 1 is 1.11 bits per heavy atom. The van der Waals surface area contributed by atoms with E-state index in [4.69, 9.17) is 38.4 Å². The van der Waals surface area contributed by atoms with Gasteiger partial charge in [-0.3, -0.25) is 4.79 Å². The molecule has 2 aromatic rings. The molecule has 0 heterocycles. The van der Waals surface area contributed by atoms with Crippen LogP contribution in [0.15, 0.2) is 36.4 Å². The van der Waals surface area contributed by atoms with Crippen LogP contribution in [0.2, 0.25) is 10.0 Å². The lowest BCUT2D eigenvalue weighted by Crippen LogP contribution is -2.44. The summed E-state index contributed by atoms with van der Waals surface area (Å²) in [7, 11) is 0. The molecule has 0 unspecified atom stereocenters. The molecule has 2 aromatic carbocycles. The molecule has 36 heavy (non-hydrogen) atoms. The topological polar surface area (TPSA) is 111 Å². The van der Waals surface area contributed by atoms with Gasteiger partial charge in [0.2, 0.25) is 0 Å². The van der Waals surface area contributed by atoms with Crippen molar-refractivity contribution >= 4 is 47.5 Å². The van der Waals surface area contributed by atoms with Crippen LogP contribution < -0.4 is 15.8 Å². The zero-order valence-electron chi connectivity index (χ0n) is 20.0. The van der Waals surface area contributed by atoms with Gasteiger partial charge in [0.25, 0.3) is 5.91 Å². The predicted octanol–water partition coefficient (Wildman–Crippen LogP) is 5.46. The van der Waals surface area contributed by atoms with Crippen LogP contribution in [0, 0.1) is 0 Å². The molecule has 0 bridgehead atoms. The van der Waals surface area contributed by atoms with Crippen LogP contribution in [0.4, 0.5) is 0 Å². The lowest BCUT2D eigenvalue weighted by atomic mass is 9.97.